The van der Waals surface area contributed by atoms with Gasteiger partial charge in [-0.05, 0) is 42.7 Å². The largest absolute Gasteiger partial charge is 0.292 e. The van der Waals surface area contributed by atoms with Gasteiger partial charge in [0, 0.05) is 28.4 Å². The van der Waals surface area contributed by atoms with Gasteiger partial charge in [-0.2, -0.15) is 0 Å². The third-order valence-corrected chi connectivity index (χ3v) is 4.05. The molecule has 0 spiro atoms. The van der Waals surface area contributed by atoms with Crippen LogP contribution in [-0.2, 0) is 6.42 Å². The molecule has 0 aliphatic rings. The van der Waals surface area contributed by atoms with E-state index in [2.05, 4.69) is 11.1 Å². The Balaban J connectivity index is 1.99. The second-order valence-corrected chi connectivity index (χ2v) is 5.73. The first-order valence-electron chi connectivity index (χ1n) is 6.27. The summed E-state index contributed by atoms with van der Waals surface area (Å²) in [4.78, 5) is 4.40. The van der Waals surface area contributed by atoms with Crippen LogP contribution in [0.5, 0.6) is 0 Å². The topological polar surface area (TPSA) is 12.4 Å². The number of benzene rings is 2. The highest BCUT2D eigenvalue weighted by atomic mass is 35.5. The molecule has 0 heterocycles. The zero-order valence-electron chi connectivity index (χ0n) is 11.0. The highest BCUT2D eigenvalue weighted by molar-refractivity contribution is 6.36. The van der Waals surface area contributed by atoms with Crippen LogP contribution >= 0.6 is 34.8 Å². The Bertz CT molecular complexity index is 636. The molecule has 104 valence electrons. The van der Waals surface area contributed by atoms with E-state index < -0.39 is 0 Å². The molecule has 2 aromatic carbocycles. The normalized spacial score (nSPS) is 11.2. The van der Waals surface area contributed by atoms with Crippen molar-refractivity contribution < 1.29 is 0 Å². The zero-order chi connectivity index (χ0) is 14.5. The fraction of sp³-hybridized carbons (Fsp3) is 0.188. The van der Waals surface area contributed by atoms with E-state index in [1.54, 1.807) is 18.3 Å². The molecule has 0 bridgehead atoms. The SMILES string of the molecule is Cc1c(Cl)cccc1CCN=Cc1ccc(Cl)cc1Cl. The van der Waals surface area contributed by atoms with Crippen molar-refractivity contribution in [2.75, 3.05) is 6.54 Å². The summed E-state index contributed by atoms with van der Waals surface area (Å²) in [5.41, 5.74) is 3.21. The minimum Gasteiger partial charge on any atom is -0.292 e. The Kier molecular flexibility index (Phi) is 5.47. The zero-order valence-corrected chi connectivity index (χ0v) is 13.3. The average Bonchev–Trinajstić information content (AvgIpc) is 2.41. The second-order valence-electron chi connectivity index (χ2n) is 4.48. The molecule has 20 heavy (non-hydrogen) atoms. The van der Waals surface area contributed by atoms with E-state index >= 15 is 0 Å². The highest BCUT2D eigenvalue weighted by Gasteiger charge is 2.01. The number of hydrogen-bond donors (Lipinski definition) is 0. The molecule has 0 fully saturated rings. The van der Waals surface area contributed by atoms with Crippen LogP contribution in [0.2, 0.25) is 15.1 Å². The molecule has 2 aromatic rings. The molecule has 0 atom stereocenters. The highest BCUT2D eigenvalue weighted by Crippen LogP contribution is 2.20. The Labute approximate surface area is 134 Å². The minimum atomic E-state index is 0.611. The van der Waals surface area contributed by atoms with Crippen molar-refractivity contribution in [3.63, 3.8) is 0 Å². The maximum atomic E-state index is 6.09. The van der Waals surface area contributed by atoms with Gasteiger partial charge in [-0.25, -0.2) is 0 Å². The van der Waals surface area contributed by atoms with Gasteiger partial charge in [0.1, 0.15) is 0 Å². The molecule has 0 aliphatic heterocycles. The van der Waals surface area contributed by atoms with Crippen molar-refractivity contribution in [2.24, 2.45) is 4.99 Å². The summed E-state index contributed by atoms with van der Waals surface area (Å²) < 4.78 is 0. The van der Waals surface area contributed by atoms with Gasteiger partial charge in [-0.1, -0.05) is 53.0 Å². The van der Waals surface area contributed by atoms with E-state index in [9.17, 15) is 0 Å². The lowest BCUT2D eigenvalue weighted by molar-refractivity contribution is 0.962. The van der Waals surface area contributed by atoms with Crippen LogP contribution in [0, 0.1) is 6.92 Å². The van der Waals surface area contributed by atoms with Gasteiger partial charge in [0.25, 0.3) is 0 Å². The molecule has 0 amide bonds. The van der Waals surface area contributed by atoms with Crippen LogP contribution in [0.25, 0.3) is 0 Å². The van der Waals surface area contributed by atoms with Crippen molar-refractivity contribution in [1.29, 1.82) is 0 Å². The predicted octanol–water partition coefficient (Wildman–Crippen LogP) is 5.62. The van der Waals surface area contributed by atoms with Crippen LogP contribution in [0.1, 0.15) is 16.7 Å². The first-order chi connectivity index (χ1) is 9.58. The summed E-state index contributed by atoms with van der Waals surface area (Å²) in [7, 11) is 0. The van der Waals surface area contributed by atoms with Crippen LogP contribution in [-0.4, -0.2) is 12.8 Å². The Morgan fingerprint density at radius 3 is 2.60 bits per heavy atom. The molecule has 0 aliphatic carbocycles. The van der Waals surface area contributed by atoms with Gasteiger partial charge < -0.3 is 0 Å². The average molecular weight is 327 g/mol. The number of hydrogen-bond acceptors (Lipinski definition) is 1. The first kappa shape index (κ1) is 15.4. The molecular weight excluding hydrogens is 313 g/mol. The van der Waals surface area contributed by atoms with Crippen LogP contribution < -0.4 is 0 Å². The maximum Gasteiger partial charge on any atom is 0.0508 e. The van der Waals surface area contributed by atoms with Crippen molar-refractivity contribution >= 4 is 41.0 Å². The molecule has 0 saturated heterocycles. The summed E-state index contributed by atoms with van der Waals surface area (Å²) in [6.07, 6.45) is 2.63. The van der Waals surface area contributed by atoms with Crippen LogP contribution in [0.3, 0.4) is 0 Å². The third-order valence-electron chi connectivity index (χ3n) is 3.08. The van der Waals surface area contributed by atoms with Gasteiger partial charge in [0.2, 0.25) is 0 Å². The standard InChI is InChI=1S/C16H14Cl3N/c1-11-12(3-2-4-15(11)18)7-8-20-10-13-5-6-14(17)9-16(13)19/h2-6,9-10H,7-8H2,1H3. The van der Waals surface area contributed by atoms with E-state index in [0.717, 1.165) is 22.6 Å². The van der Waals surface area contributed by atoms with Gasteiger partial charge in [0.05, 0.1) is 5.02 Å². The quantitative estimate of drug-likeness (QED) is 0.647. The smallest absolute Gasteiger partial charge is 0.0508 e. The molecule has 0 N–H and O–H groups in total. The van der Waals surface area contributed by atoms with Gasteiger partial charge in [-0.15, -0.1) is 0 Å². The molecule has 0 unspecified atom stereocenters. The Hall–Kier alpha value is -1.02. The summed E-state index contributed by atoms with van der Waals surface area (Å²) in [5, 5.41) is 2.04. The summed E-state index contributed by atoms with van der Waals surface area (Å²) in [6.45, 7) is 2.72. The fourth-order valence-corrected chi connectivity index (χ4v) is 2.53. The predicted molar refractivity (Wildman–Crippen MR) is 88.8 cm³/mol. The number of nitrogens with zero attached hydrogens (tertiary/aromatic N) is 1. The lowest BCUT2D eigenvalue weighted by Gasteiger charge is -2.05. The Morgan fingerprint density at radius 2 is 1.85 bits per heavy atom. The maximum absolute atomic E-state index is 6.09. The molecule has 2 rings (SSSR count). The molecule has 4 heteroatoms. The van der Waals surface area contributed by atoms with Gasteiger partial charge in [-0.3, -0.25) is 4.99 Å². The van der Waals surface area contributed by atoms with E-state index in [4.69, 9.17) is 34.8 Å². The second kappa shape index (κ2) is 7.12. The van der Waals surface area contributed by atoms with E-state index in [1.165, 1.54) is 5.56 Å². The van der Waals surface area contributed by atoms with Crippen LogP contribution in [0.15, 0.2) is 41.4 Å². The lowest BCUT2D eigenvalue weighted by atomic mass is 10.1. The summed E-state index contributed by atoms with van der Waals surface area (Å²) >= 11 is 18.0. The molecule has 0 saturated carbocycles. The third kappa shape index (κ3) is 3.99. The Morgan fingerprint density at radius 1 is 1.05 bits per heavy atom. The molecule has 0 radical (unpaired) electrons. The lowest BCUT2D eigenvalue weighted by Crippen LogP contribution is -1.94. The summed E-state index contributed by atoms with van der Waals surface area (Å²) in [6, 6.07) is 11.3. The number of halogens is 3. The van der Waals surface area contributed by atoms with Gasteiger partial charge >= 0.3 is 0 Å². The van der Waals surface area contributed by atoms with E-state index in [1.807, 2.05) is 25.1 Å². The van der Waals surface area contributed by atoms with E-state index in [0.29, 0.717) is 16.6 Å². The monoisotopic (exact) mass is 325 g/mol. The van der Waals surface area contributed by atoms with Crippen LogP contribution in [0.4, 0.5) is 0 Å². The van der Waals surface area contributed by atoms with Gasteiger partial charge in [0.15, 0.2) is 0 Å². The number of rotatable bonds is 4. The first-order valence-corrected chi connectivity index (χ1v) is 7.40. The van der Waals surface area contributed by atoms with E-state index in [-0.39, 0.29) is 0 Å². The van der Waals surface area contributed by atoms with Crippen molar-refractivity contribution in [1.82, 2.24) is 0 Å². The van der Waals surface area contributed by atoms with Crippen molar-refractivity contribution in [3.05, 3.63) is 68.2 Å². The molecular formula is C16H14Cl3N. The number of aliphatic imine (C=N–C) groups is 1. The van der Waals surface area contributed by atoms with Crippen molar-refractivity contribution in [2.45, 2.75) is 13.3 Å². The minimum absolute atomic E-state index is 0.611. The fourth-order valence-electron chi connectivity index (χ4n) is 1.88. The molecule has 0 aromatic heterocycles. The van der Waals surface area contributed by atoms with Crippen molar-refractivity contribution in [3.8, 4) is 0 Å². The molecule has 1 nitrogen and oxygen atoms in total. The summed E-state index contributed by atoms with van der Waals surface area (Å²) in [5.74, 6) is 0.